The molecule has 2 fully saturated rings. The second-order valence-corrected chi connectivity index (χ2v) is 17.0. The number of fused-ring (bicyclic) bond motifs is 1. The van der Waals surface area contributed by atoms with E-state index in [2.05, 4.69) is 4.74 Å². The van der Waals surface area contributed by atoms with E-state index in [1.54, 1.807) is 0 Å². The number of esters is 1. The summed E-state index contributed by atoms with van der Waals surface area (Å²) < 4.78 is 434. The molecule has 0 unspecified atom stereocenters. The van der Waals surface area contributed by atoms with Crippen LogP contribution >= 0.6 is 0 Å². The van der Waals surface area contributed by atoms with E-state index in [4.69, 9.17) is 4.84 Å². The highest BCUT2D eigenvalue weighted by atomic mass is 19.4. The molecule has 0 aliphatic carbocycles. The average molecular weight is 1130 g/mol. The Kier molecular flexibility index (Phi) is 14.8. The number of hydroxylamine groups is 2. The van der Waals surface area contributed by atoms with Crippen LogP contribution in [0.25, 0.3) is 11.1 Å². The van der Waals surface area contributed by atoms with Gasteiger partial charge in [0.15, 0.2) is 6.10 Å². The fourth-order valence-corrected chi connectivity index (χ4v) is 7.60. The smallest absolute Gasteiger partial charge is 0.450 e. The van der Waals surface area contributed by atoms with E-state index in [0.717, 1.165) is 12.0 Å². The maximum atomic E-state index is 16.5. The van der Waals surface area contributed by atoms with Gasteiger partial charge in [-0.3, -0.25) is 9.63 Å². The van der Waals surface area contributed by atoms with Gasteiger partial charge in [0.25, 0.3) is 0 Å². The predicted octanol–water partition coefficient (Wildman–Crippen LogP) is 13.9. The molecular formula is C38H27F30NO4. The molecule has 0 bridgehead atoms. The van der Waals surface area contributed by atoms with Gasteiger partial charge in [-0.05, 0) is 50.3 Å². The molecule has 0 radical (unpaired) electrons. The normalized spacial score (nSPS) is 21.8. The molecule has 2 heterocycles. The molecule has 1 N–H and O–H groups in total. The lowest BCUT2D eigenvalue weighted by atomic mass is 9.83. The minimum absolute atomic E-state index is 0.0262. The first-order valence-electron chi connectivity index (χ1n) is 19.3. The van der Waals surface area contributed by atoms with E-state index in [0.29, 0.717) is 12.1 Å². The lowest BCUT2D eigenvalue weighted by Crippen LogP contribution is -2.73. The van der Waals surface area contributed by atoms with Crippen molar-refractivity contribution < 1.29 is 151 Å². The standard InChI is InChI=1S/C38H27F30NO4/c1-14-20(19-12-13-24(2,3)69(19)73-14)23(71)72-22(26(41,42)28(45,46)30(49,50)32(53,54)34(57,58)36(61,62)38(66,67)68)18-11-7-5-9-16(18)15-8-4-6-10-17(15)21(70)25(39,40)27(43,44)29(47,48)31(51,52)33(55,56)35(59,60)37(63,64)65/h4-11,14,19-22,70H,12-13H2,1-3H3/t14-,19-,20-,21-,22-/m1/s1. The van der Waals surface area contributed by atoms with Gasteiger partial charge in [-0.25, -0.2) is 0 Å². The van der Waals surface area contributed by atoms with Crippen molar-refractivity contribution in [3.05, 3.63) is 59.7 Å². The number of carbonyl (C=O) groups is 1. The fourth-order valence-electron chi connectivity index (χ4n) is 7.60. The van der Waals surface area contributed by atoms with Crippen LogP contribution in [0.4, 0.5) is 132 Å². The molecule has 2 aliphatic rings. The number of carbonyl (C=O) groups excluding carboxylic acids is 1. The lowest BCUT2D eigenvalue weighted by molar-refractivity contribution is -0.456. The number of ether oxygens (including phenoxy) is 1. The maximum absolute atomic E-state index is 16.5. The van der Waals surface area contributed by atoms with E-state index in [9.17, 15) is 97.7 Å². The van der Waals surface area contributed by atoms with Crippen LogP contribution in [0.1, 0.15) is 56.9 Å². The summed E-state index contributed by atoms with van der Waals surface area (Å²) in [5.41, 5.74) is -9.84. The number of hydrogen-bond acceptors (Lipinski definition) is 5. The lowest BCUT2D eigenvalue weighted by Gasteiger charge is -2.43. The number of halogens is 30. The molecule has 0 aromatic heterocycles. The molecule has 0 amide bonds. The topological polar surface area (TPSA) is 59.0 Å². The monoisotopic (exact) mass is 1130 g/mol. The number of nitrogens with zero attached hydrogens (tertiary/aromatic N) is 1. The van der Waals surface area contributed by atoms with Crippen molar-refractivity contribution in [1.82, 2.24) is 5.06 Å². The number of hydrogen-bond donors (Lipinski definition) is 1. The molecule has 73 heavy (non-hydrogen) atoms. The third-order valence-corrected chi connectivity index (χ3v) is 11.8. The zero-order valence-electron chi connectivity index (χ0n) is 35.4. The van der Waals surface area contributed by atoms with Gasteiger partial charge in [-0.2, -0.15) is 137 Å². The molecule has 2 aliphatic heterocycles. The van der Waals surface area contributed by atoms with Crippen LogP contribution in [0.5, 0.6) is 0 Å². The largest absolute Gasteiger partial charge is 0.460 e. The van der Waals surface area contributed by atoms with E-state index in [1.807, 2.05) is 0 Å². The Balaban J connectivity index is 2.02. The summed E-state index contributed by atoms with van der Waals surface area (Å²) in [5.74, 6) is -108. The van der Waals surface area contributed by atoms with Gasteiger partial charge in [0, 0.05) is 11.1 Å². The summed E-state index contributed by atoms with van der Waals surface area (Å²) in [5, 5.41) is 11.4. The molecule has 2 aromatic rings. The van der Waals surface area contributed by atoms with E-state index in [1.165, 1.54) is 13.8 Å². The van der Waals surface area contributed by atoms with Crippen LogP contribution in [0.15, 0.2) is 48.5 Å². The van der Waals surface area contributed by atoms with Gasteiger partial charge < -0.3 is 9.84 Å². The molecule has 2 aromatic carbocycles. The van der Waals surface area contributed by atoms with Gasteiger partial charge in [0.1, 0.15) is 12.0 Å². The second kappa shape index (κ2) is 17.6. The van der Waals surface area contributed by atoms with Crippen molar-refractivity contribution in [3.8, 4) is 11.1 Å². The van der Waals surface area contributed by atoms with Crippen LogP contribution < -0.4 is 0 Å². The van der Waals surface area contributed by atoms with E-state index in [-0.39, 0.29) is 49.2 Å². The highest BCUT2D eigenvalue weighted by Crippen LogP contribution is 2.66. The number of aliphatic hydroxyl groups is 1. The highest BCUT2D eigenvalue weighted by molar-refractivity contribution is 5.76. The summed E-state index contributed by atoms with van der Waals surface area (Å²) in [6.45, 7) is 3.63. The van der Waals surface area contributed by atoms with Crippen molar-refractivity contribution in [3.63, 3.8) is 0 Å². The van der Waals surface area contributed by atoms with Crippen LogP contribution in [0.3, 0.4) is 0 Å². The fraction of sp³-hybridized carbons (Fsp3) is 0.658. The van der Waals surface area contributed by atoms with Gasteiger partial charge in [0.05, 0.1) is 12.1 Å². The maximum Gasteiger partial charge on any atom is 0.460 e. The first-order valence-corrected chi connectivity index (χ1v) is 19.3. The molecule has 418 valence electrons. The molecule has 5 nitrogen and oxygen atoms in total. The number of benzene rings is 2. The summed E-state index contributed by atoms with van der Waals surface area (Å²) in [6, 6.07) is -1.23. The summed E-state index contributed by atoms with van der Waals surface area (Å²) in [4.78, 5) is 19.1. The average Bonchev–Trinajstić information content (AvgIpc) is 3.73. The number of rotatable bonds is 17. The van der Waals surface area contributed by atoms with Crippen molar-refractivity contribution >= 4 is 5.97 Å². The first-order chi connectivity index (χ1) is 32.1. The Bertz CT molecular complexity index is 2360. The van der Waals surface area contributed by atoms with Gasteiger partial charge in [-0.15, -0.1) is 0 Å². The molecule has 0 saturated carbocycles. The Morgan fingerprint density at radius 1 is 0.534 bits per heavy atom. The molecule has 0 spiro atoms. The van der Waals surface area contributed by atoms with Crippen molar-refractivity contribution in [1.29, 1.82) is 0 Å². The third-order valence-electron chi connectivity index (χ3n) is 11.8. The van der Waals surface area contributed by atoms with Crippen molar-refractivity contribution in [2.75, 3.05) is 0 Å². The predicted molar refractivity (Wildman–Crippen MR) is 180 cm³/mol. The zero-order chi connectivity index (χ0) is 57.3. The van der Waals surface area contributed by atoms with Crippen molar-refractivity contribution in [2.45, 2.75) is 147 Å². The molecule has 35 heteroatoms. The quantitative estimate of drug-likeness (QED) is 0.126. The zero-order valence-corrected chi connectivity index (χ0v) is 35.4. The van der Waals surface area contributed by atoms with Crippen molar-refractivity contribution in [2.24, 2.45) is 5.92 Å². The van der Waals surface area contributed by atoms with Gasteiger partial charge >= 0.3 is 89.4 Å². The minimum Gasteiger partial charge on any atom is -0.450 e. The Labute approximate surface area is 386 Å². The van der Waals surface area contributed by atoms with Gasteiger partial charge in [0.2, 0.25) is 0 Å². The Morgan fingerprint density at radius 2 is 0.863 bits per heavy atom. The summed E-state index contributed by atoms with van der Waals surface area (Å²) >= 11 is 0. The molecule has 4 rings (SSSR count). The number of alkyl halides is 30. The van der Waals surface area contributed by atoms with E-state index >= 15 is 43.9 Å². The number of aliphatic hydroxyl groups excluding tert-OH is 1. The Morgan fingerprint density at radius 3 is 1.26 bits per heavy atom. The van der Waals surface area contributed by atoms with Crippen LogP contribution in [0.2, 0.25) is 0 Å². The molecular weight excluding hydrogens is 1100 g/mol. The van der Waals surface area contributed by atoms with E-state index < -0.39 is 147 Å². The summed E-state index contributed by atoms with van der Waals surface area (Å²) in [7, 11) is 0. The summed E-state index contributed by atoms with van der Waals surface area (Å²) in [6.07, 6.45) is -28.4. The molecule has 2 saturated heterocycles. The van der Waals surface area contributed by atoms with Crippen LogP contribution in [-0.4, -0.2) is 117 Å². The minimum atomic E-state index is -9.00. The SMILES string of the molecule is C[C@H]1ON2[C@H](CCC2(C)C)[C@@H]1C(=O)O[C@H](c1ccccc1-c1ccccc1[C@@H](O)C(F)(F)C(F)(F)C(F)(F)C(F)(F)C(F)(F)C(F)(F)C(F)(F)F)C(F)(F)C(F)(F)C(F)(F)C(F)(F)C(F)(F)C(F)(F)C(F)(F)F. The molecule has 5 atom stereocenters. The first kappa shape index (κ1) is 61.2. The third kappa shape index (κ3) is 8.47. The van der Waals surface area contributed by atoms with Crippen LogP contribution in [0, 0.1) is 5.92 Å². The second-order valence-electron chi connectivity index (χ2n) is 17.0. The van der Waals surface area contributed by atoms with Gasteiger partial charge in [-0.1, -0.05) is 48.5 Å². The highest BCUT2D eigenvalue weighted by Gasteiger charge is 2.95. The van der Waals surface area contributed by atoms with Crippen LogP contribution in [-0.2, 0) is 14.4 Å². The Hall–Kier alpha value is -4.31.